The first kappa shape index (κ1) is 29.2. The van der Waals surface area contributed by atoms with Crippen LogP contribution in [0, 0.1) is 6.07 Å². The van der Waals surface area contributed by atoms with Gasteiger partial charge in [-0.25, -0.2) is 0 Å². The van der Waals surface area contributed by atoms with E-state index in [1.807, 2.05) is 12.3 Å². The van der Waals surface area contributed by atoms with E-state index in [1.165, 1.54) is 36.0 Å². The fourth-order valence-corrected chi connectivity index (χ4v) is 12.7. The zero-order valence-electron chi connectivity index (χ0n) is 23.3. The second kappa shape index (κ2) is 11.0. The van der Waals surface area contributed by atoms with Gasteiger partial charge in [-0.05, 0) is 25.6 Å². The van der Waals surface area contributed by atoms with Gasteiger partial charge in [0.25, 0.3) is 0 Å². The molecule has 2 aliphatic heterocycles. The van der Waals surface area contributed by atoms with Gasteiger partial charge in [-0.2, -0.15) is 0 Å². The summed E-state index contributed by atoms with van der Waals surface area (Å²) in [6.07, 6.45) is 3.06. The van der Waals surface area contributed by atoms with Gasteiger partial charge < -0.3 is 10.1 Å². The van der Waals surface area contributed by atoms with Gasteiger partial charge in [-0.15, -0.1) is 33.5 Å². The molecule has 0 spiro atoms. The number of carbonyl (C=O) groups is 1. The van der Waals surface area contributed by atoms with Gasteiger partial charge in [0.05, 0.1) is 21.9 Å². The number of rotatable bonds is 2. The summed E-state index contributed by atoms with van der Waals surface area (Å²) in [5, 5.41) is 14.6. The number of fused-ring (bicyclic) bond motifs is 4. The summed E-state index contributed by atoms with van der Waals surface area (Å²) in [5.41, 5.74) is 6.80. The third kappa shape index (κ3) is 5.10. The summed E-state index contributed by atoms with van der Waals surface area (Å²) >= 11 is 0. The molecule has 6 rings (SSSR count). The van der Waals surface area contributed by atoms with Crippen LogP contribution in [0.4, 0.5) is 0 Å². The van der Waals surface area contributed by atoms with Gasteiger partial charge in [0.2, 0.25) is 0 Å². The molecule has 1 N–H and O–H groups in total. The Morgan fingerprint density at radius 1 is 0.846 bits per heavy atom. The predicted octanol–water partition coefficient (Wildman–Crippen LogP) is 2.37. The molecule has 3 aromatic carbocycles. The van der Waals surface area contributed by atoms with Crippen LogP contribution in [0.1, 0.15) is 13.8 Å². The first-order valence-corrected chi connectivity index (χ1v) is 19.1. The zero-order valence-corrected chi connectivity index (χ0v) is 27.6. The van der Waals surface area contributed by atoms with Gasteiger partial charge in [0, 0.05) is 33.3 Å². The summed E-state index contributed by atoms with van der Waals surface area (Å²) in [4.78, 5) is 14.7. The minimum absolute atomic E-state index is 0. The van der Waals surface area contributed by atoms with Gasteiger partial charge in [0.15, 0.2) is 12.5 Å². The topological polar surface area (TPSA) is 50.2 Å². The Morgan fingerprint density at radius 2 is 1.41 bits per heavy atom. The number of carbonyl (C=O) groups excluding carboxylic acids is 1. The van der Waals surface area contributed by atoms with Crippen LogP contribution in [0.5, 0.6) is 0 Å². The molecule has 200 valence electrons. The number of nitrogens with zero attached hydrogens (tertiary/aromatic N) is 1. The maximum Gasteiger partial charge on any atom is 0.190 e. The van der Waals surface area contributed by atoms with Crippen LogP contribution in [-0.4, -0.2) is 38.7 Å². The molecule has 2 aliphatic rings. The first-order chi connectivity index (χ1) is 18.0. The fraction of sp³-hybridized carbons (Fsp3) is 0.188. The first-order valence-electron chi connectivity index (χ1n) is 13.1. The van der Waals surface area contributed by atoms with E-state index in [4.69, 9.17) is 10.1 Å². The molecule has 0 radical (unpaired) electrons. The second-order valence-electron chi connectivity index (χ2n) is 11.4. The maximum atomic E-state index is 10.0. The van der Waals surface area contributed by atoms with Crippen molar-refractivity contribution in [3.05, 3.63) is 96.9 Å². The van der Waals surface area contributed by atoms with Crippen molar-refractivity contribution in [3.8, 4) is 11.3 Å². The number of aromatic nitrogens is 1. The Bertz CT molecular complexity index is 1500. The van der Waals surface area contributed by atoms with Crippen LogP contribution in [0.2, 0.25) is 26.2 Å². The Labute approximate surface area is 248 Å². The Hall–Kier alpha value is -2.79. The summed E-state index contributed by atoms with van der Waals surface area (Å²) in [5.74, 6) is -0.0625. The molecule has 3 nitrogen and oxygen atoms in total. The molecule has 0 fully saturated rings. The third-order valence-electron chi connectivity index (χ3n) is 7.94. The van der Waals surface area contributed by atoms with Gasteiger partial charge >= 0.3 is 0 Å². The van der Waals surface area contributed by atoms with E-state index in [1.54, 1.807) is 21.0 Å². The molecule has 39 heavy (non-hydrogen) atoms. The average molecular weight is 726 g/mol. The molecule has 0 bridgehead atoms. The number of hydrogen-bond donors (Lipinski definition) is 1. The number of hydrogen-bond acceptors (Lipinski definition) is 3. The quantitative estimate of drug-likeness (QED) is 0.150. The Morgan fingerprint density at radius 3 is 1.92 bits per heavy atom. The molecule has 7 heteroatoms. The standard InChI is InChI=1S/C27H25BNSi2.C5H8O2.Pt/c1-30(2)23-14-7-5-11-20(23)28-21-12-6-8-15-24(21)31(3,4)26-18-19(17-25(30)27(26)28)22-13-9-10-16-29-22;1-4(6)3-5(2)7;/h5-17H,1-4H3;3,6H,1-2H3;/q-1;;/b;4-3-;. The van der Waals surface area contributed by atoms with E-state index in [0.717, 1.165) is 11.3 Å². The summed E-state index contributed by atoms with van der Waals surface area (Å²) < 4.78 is 0. The van der Waals surface area contributed by atoms with E-state index in [2.05, 4.69) is 99.0 Å². The molecule has 0 aliphatic carbocycles. The molecule has 1 aromatic heterocycles. The van der Waals surface area contributed by atoms with Gasteiger partial charge in [0.1, 0.15) is 0 Å². The van der Waals surface area contributed by atoms with Crippen molar-refractivity contribution < 1.29 is 31.0 Å². The Balaban J connectivity index is 0.000000394. The normalized spacial score (nSPS) is 15.4. The van der Waals surface area contributed by atoms with Gasteiger partial charge in [-0.1, -0.05) is 108 Å². The molecule has 0 saturated heterocycles. The molecule has 0 atom stereocenters. The summed E-state index contributed by atoms with van der Waals surface area (Å²) in [6.45, 7) is 13.2. The van der Waals surface area contributed by atoms with Crippen molar-refractivity contribution in [2.75, 3.05) is 0 Å². The van der Waals surface area contributed by atoms with E-state index in [-0.39, 0.29) is 32.6 Å². The van der Waals surface area contributed by atoms with E-state index >= 15 is 0 Å². The number of benzene rings is 3. The molecule has 4 aromatic rings. The Kier molecular flexibility index (Phi) is 8.23. The maximum absolute atomic E-state index is 10.0. The smallest absolute Gasteiger partial charge is 0.190 e. The minimum atomic E-state index is -1.90. The number of pyridine rings is 1. The SMILES string of the molecule is CC(=O)/C=C(/C)O.C[Si]1(C)c2[c-]c(-c3ccccn3)cc3c2B(c2ccccc21)c1ccccc1[Si]3(C)C.[Pt]. The van der Waals surface area contributed by atoms with Crippen LogP contribution >= 0.6 is 0 Å². The molecule has 3 heterocycles. The predicted molar refractivity (Wildman–Crippen MR) is 167 cm³/mol. The number of aliphatic hydroxyl groups is 1. The van der Waals surface area contributed by atoms with E-state index < -0.39 is 16.1 Å². The van der Waals surface area contributed by atoms with Crippen molar-refractivity contribution in [2.24, 2.45) is 0 Å². The minimum Gasteiger partial charge on any atom is -0.512 e. The van der Waals surface area contributed by atoms with E-state index in [9.17, 15) is 4.79 Å². The largest absolute Gasteiger partial charge is 0.512 e. The molecular weight excluding hydrogens is 692 g/mol. The summed E-state index contributed by atoms with van der Waals surface area (Å²) in [7, 11) is -3.76. The zero-order chi connectivity index (χ0) is 27.2. The molecule has 0 amide bonds. The number of allylic oxidation sites excluding steroid dienone is 2. The average Bonchev–Trinajstić information content (AvgIpc) is 2.88. The number of aliphatic hydroxyl groups excluding tert-OH is 1. The molecular formula is C32H33BNO2PtSi2-. The summed E-state index contributed by atoms with van der Waals surface area (Å²) in [6, 6.07) is 31.0. The van der Waals surface area contributed by atoms with E-state index in [0.29, 0.717) is 6.71 Å². The van der Waals surface area contributed by atoms with Crippen LogP contribution in [0.15, 0.2) is 90.8 Å². The van der Waals surface area contributed by atoms with Crippen LogP contribution in [0.3, 0.4) is 0 Å². The van der Waals surface area contributed by atoms with Crippen LogP contribution < -0.4 is 37.1 Å². The molecule has 0 unspecified atom stereocenters. The third-order valence-corrected chi connectivity index (χ3v) is 14.9. The van der Waals surface area contributed by atoms with Crippen molar-refractivity contribution in [2.45, 2.75) is 40.0 Å². The van der Waals surface area contributed by atoms with Crippen LogP contribution in [-0.2, 0) is 25.9 Å². The van der Waals surface area contributed by atoms with Crippen molar-refractivity contribution >= 4 is 65.8 Å². The molecule has 0 saturated carbocycles. The van der Waals surface area contributed by atoms with Crippen LogP contribution in [0.25, 0.3) is 11.3 Å². The van der Waals surface area contributed by atoms with Crippen molar-refractivity contribution in [1.82, 2.24) is 4.98 Å². The monoisotopic (exact) mass is 725 g/mol. The fourth-order valence-electron chi connectivity index (χ4n) is 6.25. The van der Waals surface area contributed by atoms with Crippen molar-refractivity contribution in [1.29, 1.82) is 0 Å². The van der Waals surface area contributed by atoms with Crippen molar-refractivity contribution in [3.63, 3.8) is 0 Å². The number of ketones is 1. The second-order valence-corrected chi connectivity index (χ2v) is 20.0. The van der Waals surface area contributed by atoms with Gasteiger partial charge in [-0.3, -0.25) is 4.79 Å².